The average Bonchev–Trinajstić information content (AvgIpc) is 2.34. The zero-order valence-corrected chi connectivity index (χ0v) is 12.6. The van der Waals surface area contributed by atoms with E-state index in [0.29, 0.717) is 11.4 Å². The molecule has 1 amide bonds. The van der Waals surface area contributed by atoms with Crippen molar-refractivity contribution in [3.63, 3.8) is 0 Å². The van der Waals surface area contributed by atoms with Crippen molar-refractivity contribution in [3.05, 3.63) is 41.0 Å². The van der Waals surface area contributed by atoms with E-state index in [1.807, 2.05) is 58.0 Å². The van der Waals surface area contributed by atoms with E-state index in [1.165, 1.54) is 7.11 Å². The molecule has 0 aromatic heterocycles. The van der Waals surface area contributed by atoms with Crippen molar-refractivity contribution < 1.29 is 9.63 Å². The predicted octanol–water partition coefficient (Wildman–Crippen LogP) is 2.98. The fraction of sp³-hybridized carbons (Fsp3) is 0.375. The highest BCUT2D eigenvalue weighted by Crippen LogP contribution is 2.30. The first-order valence-electron chi connectivity index (χ1n) is 6.59. The predicted molar refractivity (Wildman–Crippen MR) is 80.2 cm³/mol. The lowest BCUT2D eigenvalue weighted by Gasteiger charge is -2.43. The molecular formula is C16H20N2O2. The maximum Gasteiger partial charge on any atom is 0.263 e. The number of hydrogen-bond donors (Lipinski definition) is 0. The zero-order valence-electron chi connectivity index (χ0n) is 12.6. The van der Waals surface area contributed by atoms with Crippen molar-refractivity contribution in [2.24, 2.45) is 5.16 Å². The molecule has 4 heteroatoms. The van der Waals surface area contributed by atoms with Gasteiger partial charge in [0.25, 0.3) is 5.91 Å². The molecule has 0 saturated carbocycles. The molecule has 1 fully saturated rings. The Balaban J connectivity index is 2.38. The lowest BCUT2D eigenvalue weighted by Crippen LogP contribution is -2.60. The Kier molecular flexibility index (Phi) is 3.66. The SMILES string of the molecule is CON=C1C(=Cc2cccc(C)c2)C(=O)N1C(C)(C)C. The summed E-state index contributed by atoms with van der Waals surface area (Å²) in [5.74, 6) is 0.571. The van der Waals surface area contributed by atoms with Gasteiger partial charge in [0.2, 0.25) is 0 Å². The second-order valence-corrected chi connectivity index (χ2v) is 5.88. The van der Waals surface area contributed by atoms with Gasteiger partial charge in [-0.25, -0.2) is 0 Å². The maximum absolute atomic E-state index is 12.3. The Hall–Kier alpha value is -2.10. The molecule has 0 N–H and O–H groups in total. The largest absolute Gasteiger partial charge is 0.397 e. The van der Waals surface area contributed by atoms with E-state index < -0.39 is 0 Å². The fourth-order valence-electron chi connectivity index (χ4n) is 2.23. The molecule has 4 nitrogen and oxygen atoms in total. The summed E-state index contributed by atoms with van der Waals surface area (Å²) in [6.07, 6.45) is 1.86. The van der Waals surface area contributed by atoms with Crippen molar-refractivity contribution in [2.45, 2.75) is 33.2 Å². The number of carbonyl (C=O) groups is 1. The number of amidine groups is 1. The number of rotatable bonds is 2. The van der Waals surface area contributed by atoms with Gasteiger partial charge in [0.05, 0.1) is 5.57 Å². The smallest absolute Gasteiger partial charge is 0.263 e. The first-order chi connectivity index (χ1) is 9.34. The van der Waals surface area contributed by atoms with Gasteiger partial charge in [-0.3, -0.25) is 9.69 Å². The third-order valence-electron chi connectivity index (χ3n) is 3.09. The highest BCUT2D eigenvalue weighted by molar-refractivity contribution is 6.38. The van der Waals surface area contributed by atoms with Crippen LogP contribution in [-0.4, -0.2) is 29.3 Å². The molecule has 1 aliphatic rings. The maximum atomic E-state index is 12.3. The van der Waals surface area contributed by atoms with Crippen LogP contribution >= 0.6 is 0 Å². The van der Waals surface area contributed by atoms with Crippen LogP contribution in [0.25, 0.3) is 6.08 Å². The monoisotopic (exact) mass is 272 g/mol. The Morgan fingerprint density at radius 3 is 2.55 bits per heavy atom. The van der Waals surface area contributed by atoms with E-state index in [0.717, 1.165) is 11.1 Å². The van der Waals surface area contributed by atoms with Crippen LogP contribution in [0.4, 0.5) is 0 Å². The molecule has 0 spiro atoms. The lowest BCUT2D eigenvalue weighted by atomic mass is 9.93. The van der Waals surface area contributed by atoms with Crippen LogP contribution in [0.15, 0.2) is 35.0 Å². The van der Waals surface area contributed by atoms with Crippen LogP contribution < -0.4 is 0 Å². The molecule has 0 unspecified atom stereocenters. The van der Waals surface area contributed by atoms with Crippen LogP contribution in [-0.2, 0) is 9.63 Å². The van der Waals surface area contributed by atoms with E-state index in [4.69, 9.17) is 4.84 Å². The molecule has 0 radical (unpaired) electrons. The summed E-state index contributed by atoms with van der Waals surface area (Å²) in [7, 11) is 1.49. The normalized spacial score (nSPS) is 19.4. The van der Waals surface area contributed by atoms with E-state index >= 15 is 0 Å². The van der Waals surface area contributed by atoms with Crippen LogP contribution in [0.3, 0.4) is 0 Å². The molecule has 0 atom stereocenters. The van der Waals surface area contributed by atoms with Crippen molar-refractivity contribution in [1.29, 1.82) is 0 Å². The van der Waals surface area contributed by atoms with Crippen molar-refractivity contribution >= 4 is 17.8 Å². The van der Waals surface area contributed by atoms with Gasteiger partial charge in [-0.1, -0.05) is 35.0 Å². The van der Waals surface area contributed by atoms with Gasteiger partial charge >= 0.3 is 0 Å². The third kappa shape index (κ3) is 2.59. The standard InChI is InChI=1S/C16H20N2O2/c1-11-7-6-8-12(9-11)10-13-14(17-20-5)18(15(13)19)16(2,3)4/h6-10H,1-5H3. The lowest BCUT2D eigenvalue weighted by molar-refractivity contribution is -0.129. The molecule has 2 rings (SSSR count). The molecule has 1 aromatic carbocycles. The van der Waals surface area contributed by atoms with E-state index in [2.05, 4.69) is 5.16 Å². The minimum absolute atomic E-state index is 0.0187. The minimum atomic E-state index is -0.307. The number of benzene rings is 1. The molecule has 106 valence electrons. The van der Waals surface area contributed by atoms with Gasteiger partial charge in [-0.05, 0) is 39.3 Å². The topological polar surface area (TPSA) is 41.9 Å². The Morgan fingerprint density at radius 1 is 1.30 bits per heavy atom. The quantitative estimate of drug-likeness (QED) is 0.472. The number of β-lactam (4-membered cyclic amide) rings is 1. The molecule has 0 bridgehead atoms. The molecule has 1 aromatic rings. The number of likely N-dealkylation sites (tertiary alicyclic amines) is 1. The molecular weight excluding hydrogens is 252 g/mol. The van der Waals surface area contributed by atoms with Crippen molar-refractivity contribution in [3.8, 4) is 0 Å². The van der Waals surface area contributed by atoms with Gasteiger partial charge < -0.3 is 4.84 Å². The number of carbonyl (C=O) groups excluding carboxylic acids is 1. The highest BCUT2D eigenvalue weighted by atomic mass is 16.6. The highest BCUT2D eigenvalue weighted by Gasteiger charge is 2.45. The molecule has 1 aliphatic heterocycles. The van der Waals surface area contributed by atoms with Gasteiger partial charge in [0.15, 0.2) is 5.84 Å². The van der Waals surface area contributed by atoms with Crippen LogP contribution in [0.1, 0.15) is 31.9 Å². The molecule has 1 saturated heterocycles. The number of amides is 1. The van der Waals surface area contributed by atoms with E-state index in [9.17, 15) is 4.79 Å². The Morgan fingerprint density at radius 2 is 2.00 bits per heavy atom. The van der Waals surface area contributed by atoms with Crippen LogP contribution in [0.5, 0.6) is 0 Å². The van der Waals surface area contributed by atoms with Crippen LogP contribution in [0.2, 0.25) is 0 Å². The van der Waals surface area contributed by atoms with Gasteiger partial charge in [0, 0.05) is 5.54 Å². The van der Waals surface area contributed by atoms with Gasteiger partial charge in [-0.2, -0.15) is 0 Å². The minimum Gasteiger partial charge on any atom is -0.397 e. The molecule has 20 heavy (non-hydrogen) atoms. The van der Waals surface area contributed by atoms with E-state index in [-0.39, 0.29) is 11.4 Å². The van der Waals surface area contributed by atoms with Gasteiger partial charge in [-0.15, -0.1) is 0 Å². The summed E-state index contributed by atoms with van der Waals surface area (Å²) in [4.78, 5) is 18.8. The summed E-state index contributed by atoms with van der Waals surface area (Å²) in [6.45, 7) is 7.94. The summed E-state index contributed by atoms with van der Waals surface area (Å²) in [5.41, 5.74) is 2.43. The fourth-order valence-corrected chi connectivity index (χ4v) is 2.23. The summed E-state index contributed by atoms with van der Waals surface area (Å²) in [6, 6.07) is 8.00. The van der Waals surface area contributed by atoms with Crippen LogP contribution in [0, 0.1) is 6.92 Å². The van der Waals surface area contributed by atoms with E-state index in [1.54, 1.807) is 4.90 Å². The summed E-state index contributed by atoms with van der Waals surface area (Å²) in [5, 5.41) is 3.98. The molecule has 0 aliphatic carbocycles. The third-order valence-corrected chi connectivity index (χ3v) is 3.09. The summed E-state index contributed by atoms with van der Waals surface area (Å²) < 4.78 is 0. The zero-order chi connectivity index (χ0) is 14.9. The number of nitrogens with zero attached hydrogens (tertiary/aromatic N) is 2. The number of aryl methyl sites for hydroxylation is 1. The first-order valence-corrected chi connectivity index (χ1v) is 6.59. The molecule has 1 heterocycles. The van der Waals surface area contributed by atoms with Gasteiger partial charge in [0.1, 0.15) is 7.11 Å². The summed E-state index contributed by atoms with van der Waals surface area (Å²) >= 11 is 0. The average molecular weight is 272 g/mol. The van der Waals surface area contributed by atoms with Crippen molar-refractivity contribution in [2.75, 3.05) is 7.11 Å². The Bertz CT molecular complexity index is 595. The first kappa shape index (κ1) is 14.3. The Labute approximate surface area is 119 Å². The second kappa shape index (κ2) is 5.12. The number of oxime groups is 1. The second-order valence-electron chi connectivity index (χ2n) is 5.88. The number of hydrogen-bond acceptors (Lipinski definition) is 3. The van der Waals surface area contributed by atoms with Crippen molar-refractivity contribution in [1.82, 2.24) is 4.90 Å².